The fourth-order valence-electron chi connectivity index (χ4n) is 2.38. The van der Waals surface area contributed by atoms with E-state index in [4.69, 9.17) is 17.0 Å². The van der Waals surface area contributed by atoms with E-state index in [-0.39, 0.29) is 11.6 Å². The monoisotopic (exact) mass is 336 g/mol. The predicted molar refractivity (Wildman–Crippen MR) is 90.4 cm³/mol. The third-order valence-corrected chi connectivity index (χ3v) is 3.89. The molecule has 0 aliphatic carbocycles. The molecule has 1 heterocycles. The summed E-state index contributed by atoms with van der Waals surface area (Å²) < 4.78 is 23.0. The van der Waals surface area contributed by atoms with Gasteiger partial charge in [-0.3, -0.25) is 4.90 Å². The number of hydrogen-bond donors (Lipinski definition) is 0. The largest absolute Gasteiger partial charge is 0.494 e. The van der Waals surface area contributed by atoms with Crippen LogP contribution in [0.4, 0.5) is 4.39 Å². The Kier molecular flexibility index (Phi) is 5.68. The first-order chi connectivity index (χ1) is 11.0. The molecule has 0 aliphatic heterocycles. The minimum Gasteiger partial charge on any atom is -0.494 e. The van der Waals surface area contributed by atoms with Crippen molar-refractivity contribution in [1.82, 2.24) is 19.2 Å². The van der Waals surface area contributed by atoms with Gasteiger partial charge in [-0.25, -0.2) is 9.07 Å². The molecule has 0 atom stereocenters. The van der Waals surface area contributed by atoms with Crippen LogP contribution in [0.25, 0.3) is 0 Å². The van der Waals surface area contributed by atoms with E-state index in [1.54, 1.807) is 16.8 Å². The molecule has 0 saturated heterocycles. The molecule has 0 fully saturated rings. The van der Waals surface area contributed by atoms with E-state index < -0.39 is 0 Å². The lowest BCUT2D eigenvalue weighted by Crippen LogP contribution is -2.22. The molecular weight excluding hydrogens is 315 g/mol. The number of allylic oxidation sites excluding steroid dienone is 1. The van der Waals surface area contributed by atoms with Crippen LogP contribution < -0.4 is 4.74 Å². The number of rotatable bonds is 7. The van der Waals surface area contributed by atoms with Gasteiger partial charge in [0.05, 0.1) is 13.8 Å². The topological polar surface area (TPSA) is 35.2 Å². The van der Waals surface area contributed by atoms with Crippen LogP contribution >= 0.6 is 12.2 Å². The van der Waals surface area contributed by atoms with Crippen molar-refractivity contribution in [1.29, 1.82) is 0 Å². The van der Waals surface area contributed by atoms with E-state index in [1.165, 1.54) is 13.2 Å². The van der Waals surface area contributed by atoms with Gasteiger partial charge in [0.25, 0.3) is 0 Å². The van der Waals surface area contributed by atoms with Gasteiger partial charge in [-0.05, 0) is 43.9 Å². The predicted octanol–water partition coefficient (Wildman–Crippen LogP) is 3.15. The first-order valence-corrected chi connectivity index (χ1v) is 7.63. The zero-order valence-corrected chi connectivity index (χ0v) is 14.4. The van der Waals surface area contributed by atoms with Crippen LogP contribution in [-0.2, 0) is 19.8 Å². The standard InChI is InChI=1S/C16H21FN4OS/c1-5-8-20-12(2)18-21(16(20)23)11-19(3)10-13-6-7-15(22-4)14(17)9-13/h5-7,9H,1,8,10-11H2,2-4H3. The lowest BCUT2D eigenvalue weighted by Gasteiger charge is -2.17. The molecule has 0 amide bonds. The van der Waals surface area contributed by atoms with Crippen molar-refractivity contribution >= 4 is 12.2 Å². The molecule has 2 aromatic rings. The smallest absolute Gasteiger partial charge is 0.199 e. The summed E-state index contributed by atoms with van der Waals surface area (Å²) in [5.41, 5.74) is 0.861. The Morgan fingerprint density at radius 2 is 2.22 bits per heavy atom. The molecule has 7 heteroatoms. The highest BCUT2D eigenvalue weighted by Crippen LogP contribution is 2.18. The Morgan fingerprint density at radius 1 is 1.48 bits per heavy atom. The molecule has 5 nitrogen and oxygen atoms in total. The van der Waals surface area contributed by atoms with Crippen LogP contribution in [0.1, 0.15) is 11.4 Å². The van der Waals surface area contributed by atoms with E-state index >= 15 is 0 Å². The summed E-state index contributed by atoms with van der Waals surface area (Å²) in [7, 11) is 3.39. The van der Waals surface area contributed by atoms with E-state index in [0.717, 1.165) is 11.4 Å². The van der Waals surface area contributed by atoms with Crippen molar-refractivity contribution < 1.29 is 9.13 Å². The average Bonchev–Trinajstić information content (AvgIpc) is 2.75. The van der Waals surface area contributed by atoms with Crippen molar-refractivity contribution in [3.05, 3.63) is 52.8 Å². The first-order valence-electron chi connectivity index (χ1n) is 7.22. The third-order valence-electron chi connectivity index (χ3n) is 3.46. The number of benzene rings is 1. The maximum absolute atomic E-state index is 13.7. The molecule has 0 unspecified atom stereocenters. The quantitative estimate of drug-likeness (QED) is 0.575. The second-order valence-corrected chi connectivity index (χ2v) is 5.72. The zero-order valence-electron chi connectivity index (χ0n) is 13.6. The summed E-state index contributed by atoms with van der Waals surface area (Å²) in [4.78, 5) is 2.02. The second-order valence-electron chi connectivity index (χ2n) is 5.35. The van der Waals surface area contributed by atoms with Gasteiger partial charge in [-0.15, -0.1) is 6.58 Å². The summed E-state index contributed by atoms with van der Waals surface area (Å²) in [5, 5.41) is 4.45. The number of nitrogens with zero attached hydrogens (tertiary/aromatic N) is 4. The van der Waals surface area contributed by atoms with Crippen LogP contribution in [0, 0.1) is 17.5 Å². The normalized spacial score (nSPS) is 11.0. The van der Waals surface area contributed by atoms with Gasteiger partial charge in [0.2, 0.25) is 0 Å². The van der Waals surface area contributed by atoms with Gasteiger partial charge >= 0.3 is 0 Å². The molecule has 0 saturated carbocycles. The number of aryl methyl sites for hydroxylation is 1. The highest BCUT2D eigenvalue weighted by Gasteiger charge is 2.10. The number of halogens is 1. The van der Waals surface area contributed by atoms with Crippen molar-refractivity contribution in [2.24, 2.45) is 0 Å². The van der Waals surface area contributed by atoms with Crippen molar-refractivity contribution in [2.75, 3.05) is 14.2 Å². The highest BCUT2D eigenvalue weighted by molar-refractivity contribution is 7.71. The molecule has 1 aromatic carbocycles. The highest BCUT2D eigenvalue weighted by atomic mass is 32.1. The molecule has 2 rings (SSSR count). The minimum atomic E-state index is -0.360. The summed E-state index contributed by atoms with van der Waals surface area (Å²) in [6, 6.07) is 4.96. The lowest BCUT2D eigenvalue weighted by molar-refractivity contribution is 0.243. The van der Waals surface area contributed by atoms with Crippen molar-refractivity contribution in [3.63, 3.8) is 0 Å². The Bertz CT molecular complexity index is 753. The van der Waals surface area contributed by atoms with Crippen LogP contribution in [0.5, 0.6) is 5.75 Å². The van der Waals surface area contributed by atoms with Gasteiger partial charge in [0.1, 0.15) is 5.82 Å². The summed E-state index contributed by atoms with van der Waals surface area (Å²) >= 11 is 5.43. The molecule has 0 bridgehead atoms. The Labute approximate surface area is 140 Å². The van der Waals surface area contributed by atoms with E-state index in [2.05, 4.69) is 11.7 Å². The molecule has 0 spiro atoms. The van der Waals surface area contributed by atoms with Crippen molar-refractivity contribution in [3.8, 4) is 5.75 Å². The second kappa shape index (κ2) is 7.52. The number of ether oxygens (including phenoxy) is 1. The van der Waals surface area contributed by atoms with Crippen LogP contribution in [0.3, 0.4) is 0 Å². The van der Waals surface area contributed by atoms with E-state index in [9.17, 15) is 4.39 Å². The van der Waals surface area contributed by atoms with Gasteiger partial charge in [0, 0.05) is 13.1 Å². The van der Waals surface area contributed by atoms with Crippen LogP contribution in [0.2, 0.25) is 0 Å². The summed E-state index contributed by atoms with van der Waals surface area (Å²) in [5.74, 6) is 0.734. The number of hydrogen-bond acceptors (Lipinski definition) is 4. The molecule has 124 valence electrons. The number of methoxy groups -OCH3 is 1. The Balaban J connectivity index is 2.09. The molecule has 0 aliphatic rings. The Morgan fingerprint density at radius 3 is 2.83 bits per heavy atom. The molecule has 0 N–H and O–H groups in total. The van der Waals surface area contributed by atoms with Crippen LogP contribution in [0.15, 0.2) is 30.9 Å². The van der Waals surface area contributed by atoms with Crippen LogP contribution in [-0.4, -0.2) is 33.4 Å². The Hall–Kier alpha value is -1.99. The maximum Gasteiger partial charge on any atom is 0.199 e. The number of aromatic nitrogens is 3. The SMILES string of the molecule is C=CCn1c(C)nn(CN(C)Cc2ccc(OC)c(F)c2)c1=S. The fraction of sp³-hybridized carbons (Fsp3) is 0.375. The van der Waals surface area contributed by atoms with Gasteiger partial charge in [0.15, 0.2) is 16.3 Å². The lowest BCUT2D eigenvalue weighted by atomic mass is 10.2. The average molecular weight is 336 g/mol. The van der Waals surface area contributed by atoms with Gasteiger partial charge < -0.3 is 9.30 Å². The first kappa shape index (κ1) is 17.4. The maximum atomic E-state index is 13.7. The molecule has 0 radical (unpaired) electrons. The van der Waals surface area contributed by atoms with E-state index in [0.29, 0.717) is 24.5 Å². The van der Waals surface area contributed by atoms with Crippen molar-refractivity contribution in [2.45, 2.75) is 26.7 Å². The summed E-state index contributed by atoms with van der Waals surface area (Å²) in [6.07, 6.45) is 1.79. The van der Waals surface area contributed by atoms with Gasteiger partial charge in [-0.2, -0.15) is 5.10 Å². The zero-order chi connectivity index (χ0) is 17.0. The van der Waals surface area contributed by atoms with E-state index in [1.807, 2.05) is 29.5 Å². The fourth-order valence-corrected chi connectivity index (χ4v) is 2.68. The van der Waals surface area contributed by atoms with Gasteiger partial charge in [-0.1, -0.05) is 12.1 Å². The summed E-state index contributed by atoms with van der Waals surface area (Å²) in [6.45, 7) is 7.38. The molecule has 1 aromatic heterocycles. The molecular formula is C16H21FN4OS. The third kappa shape index (κ3) is 4.05. The molecule has 23 heavy (non-hydrogen) atoms. The minimum absolute atomic E-state index is 0.248.